The van der Waals surface area contributed by atoms with Crippen LogP contribution < -0.4 is 0 Å². The first-order valence-corrected chi connectivity index (χ1v) is 3.67. The Hall–Kier alpha value is 0.0500. The van der Waals surface area contributed by atoms with Gasteiger partial charge in [0.25, 0.3) is 0 Å². The minimum atomic E-state index is -0.773. The molecule has 0 aliphatic heterocycles. The highest BCUT2D eigenvalue weighted by Crippen LogP contribution is 1.80. The molecular weight excluding hydrogens is 219 g/mol. The summed E-state index contributed by atoms with van der Waals surface area (Å²) in [7, 11) is 0. The Kier molecular flexibility index (Phi) is 5.22. The van der Waals surface area contributed by atoms with E-state index in [1.54, 1.807) is 0 Å². The molecule has 2 nitrogen and oxygen atoms in total. The van der Waals surface area contributed by atoms with Crippen LogP contribution in [0.5, 0.6) is 0 Å². The van der Waals surface area contributed by atoms with Gasteiger partial charge in [-0.15, -0.1) is 0 Å². The third-order valence-corrected chi connectivity index (χ3v) is 0.750. The zero-order valence-corrected chi connectivity index (χ0v) is 6.68. The van der Waals surface area contributed by atoms with E-state index in [0.29, 0.717) is 0 Å². The van der Waals surface area contributed by atoms with Crippen LogP contribution in [0.15, 0.2) is 0 Å². The summed E-state index contributed by atoms with van der Waals surface area (Å²) >= 11 is 2.10. The standard InChI is InChI=1S/C5H7IO2/c1-5(7)8-4-2-3-6/h5,7H,3H2,1H3. The van der Waals surface area contributed by atoms with E-state index in [4.69, 9.17) is 5.11 Å². The van der Waals surface area contributed by atoms with Gasteiger partial charge in [0.15, 0.2) is 0 Å². The van der Waals surface area contributed by atoms with Gasteiger partial charge in [-0.3, -0.25) is 0 Å². The summed E-state index contributed by atoms with van der Waals surface area (Å²) in [6.07, 6.45) is 1.55. The minimum absolute atomic E-state index is 0.727. The molecule has 8 heavy (non-hydrogen) atoms. The molecule has 0 aliphatic carbocycles. The van der Waals surface area contributed by atoms with E-state index in [9.17, 15) is 0 Å². The van der Waals surface area contributed by atoms with Gasteiger partial charge < -0.3 is 9.84 Å². The molecule has 0 aromatic heterocycles. The SMILES string of the molecule is CC(O)OC#CCI. The van der Waals surface area contributed by atoms with Gasteiger partial charge in [0.2, 0.25) is 6.29 Å². The number of ether oxygens (including phenoxy) is 1. The molecule has 0 rings (SSSR count). The lowest BCUT2D eigenvalue weighted by Gasteiger charge is -1.95. The first kappa shape index (κ1) is 8.05. The van der Waals surface area contributed by atoms with Crippen molar-refractivity contribution in [3.63, 3.8) is 0 Å². The molecule has 0 aromatic rings. The van der Waals surface area contributed by atoms with Crippen molar-refractivity contribution in [3.05, 3.63) is 0 Å². The summed E-state index contributed by atoms with van der Waals surface area (Å²) in [5.41, 5.74) is 0. The van der Waals surface area contributed by atoms with Crippen LogP contribution in [-0.2, 0) is 4.74 Å². The van der Waals surface area contributed by atoms with E-state index in [1.165, 1.54) is 6.92 Å². The third kappa shape index (κ3) is 6.05. The maximum atomic E-state index is 8.45. The smallest absolute Gasteiger partial charge is 0.204 e. The first-order chi connectivity index (χ1) is 3.77. The molecular formula is C5H7IO2. The number of aliphatic hydroxyl groups excluding tert-OH is 1. The molecule has 1 N–H and O–H groups in total. The van der Waals surface area contributed by atoms with Crippen molar-refractivity contribution in [2.45, 2.75) is 13.2 Å². The maximum Gasteiger partial charge on any atom is 0.204 e. The Morgan fingerprint density at radius 3 is 2.88 bits per heavy atom. The first-order valence-electron chi connectivity index (χ1n) is 2.15. The highest BCUT2D eigenvalue weighted by Gasteiger charge is 1.85. The molecule has 1 atom stereocenters. The van der Waals surface area contributed by atoms with Crippen molar-refractivity contribution >= 4 is 22.6 Å². The summed E-state index contributed by atoms with van der Waals surface area (Å²) in [5, 5.41) is 8.45. The van der Waals surface area contributed by atoms with Crippen LogP contribution in [0.25, 0.3) is 0 Å². The number of aliphatic hydroxyl groups is 1. The molecule has 0 saturated carbocycles. The summed E-state index contributed by atoms with van der Waals surface area (Å²) in [6, 6.07) is 0. The normalized spacial score (nSPS) is 11.4. The summed E-state index contributed by atoms with van der Waals surface area (Å²) < 4.78 is 5.20. The van der Waals surface area contributed by atoms with Crippen molar-refractivity contribution in [2.75, 3.05) is 4.43 Å². The van der Waals surface area contributed by atoms with Gasteiger partial charge in [-0.1, -0.05) is 22.6 Å². The Bertz CT molecular complexity index is 101. The number of hydrogen-bond donors (Lipinski definition) is 1. The second-order valence-electron chi connectivity index (χ2n) is 1.13. The molecule has 0 heterocycles. The fraction of sp³-hybridized carbons (Fsp3) is 0.600. The van der Waals surface area contributed by atoms with E-state index in [0.717, 1.165) is 4.43 Å². The van der Waals surface area contributed by atoms with Crippen LogP contribution in [0.2, 0.25) is 0 Å². The monoisotopic (exact) mass is 226 g/mol. The van der Waals surface area contributed by atoms with Crippen molar-refractivity contribution in [1.82, 2.24) is 0 Å². The molecule has 0 fully saturated rings. The zero-order chi connectivity index (χ0) is 6.41. The van der Waals surface area contributed by atoms with Gasteiger partial charge >= 0.3 is 0 Å². The minimum Gasteiger partial charge on any atom is -0.415 e. The fourth-order valence-electron chi connectivity index (χ4n) is 0.154. The lowest BCUT2D eigenvalue weighted by Crippen LogP contribution is -2.00. The molecule has 3 heteroatoms. The topological polar surface area (TPSA) is 29.5 Å². The van der Waals surface area contributed by atoms with Crippen molar-refractivity contribution in [2.24, 2.45) is 0 Å². The molecule has 0 aromatic carbocycles. The Balaban J connectivity index is 3.15. The molecule has 0 bridgehead atoms. The van der Waals surface area contributed by atoms with Gasteiger partial charge in [0, 0.05) is 0 Å². The summed E-state index contributed by atoms with van der Waals surface area (Å²) in [5.74, 6) is 2.63. The van der Waals surface area contributed by atoms with Gasteiger partial charge in [0.05, 0.1) is 4.43 Å². The van der Waals surface area contributed by atoms with E-state index >= 15 is 0 Å². The second kappa shape index (κ2) is 5.19. The molecule has 46 valence electrons. The van der Waals surface area contributed by atoms with Crippen molar-refractivity contribution in [1.29, 1.82) is 0 Å². The second-order valence-corrected chi connectivity index (χ2v) is 1.89. The highest BCUT2D eigenvalue weighted by molar-refractivity contribution is 14.1. The fourth-order valence-corrected chi connectivity index (χ4v) is 0.310. The largest absolute Gasteiger partial charge is 0.415 e. The number of halogens is 1. The van der Waals surface area contributed by atoms with Crippen molar-refractivity contribution < 1.29 is 9.84 Å². The number of rotatable bonds is 1. The van der Waals surface area contributed by atoms with Gasteiger partial charge in [-0.2, -0.15) is 0 Å². The summed E-state index contributed by atoms with van der Waals surface area (Å²) in [6.45, 7) is 1.52. The van der Waals surface area contributed by atoms with Crippen LogP contribution in [0.4, 0.5) is 0 Å². The van der Waals surface area contributed by atoms with E-state index in [1.807, 2.05) is 0 Å². The zero-order valence-electron chi connectivity index (χ0n) is 4.52. The maximum absolute atomic E-state index is 8.45. The average Bonchev–Trinajstić information content (AvgIpc) is 1.66. The predicted octanol–water partition coefficient (Wildman–Crippen LogP) is 0.737. The van der Waals surface area contributed by atoms with Gasteiger partial charge in [-0.25, -0.2) is 0 Å². The molecule has 0 radical (unpaired) electrons. The molecule has 1 unspecified atom stereocenters. The van der Waals surface area contributed by atoms with Crippen molar-refractivity contribution in [3.8, 4) is 12.0 Å². The molecule has 0 spiro atoms. The Labute approximate surface area is 62.4 Å². The predicted molar refractivity (Wildman–Crippen MR) is 39.4 cm³/mol. The number of hydrogen-bond acceptors (Lipinski definition) is 2. The molecule has 0 amide bonds. The van der Waals surface area contributed by atoms with Crippen LogP contribution in [0.1, 0.15) is 6.92 Å². The van der Waals surface area contributed by atoms with Gasteiger partial charge in [-0.05, 0) is 12.8 Å². The van der Waals surface area contributed by atoms with Crippen LogP contribution in [0, 0.1) is 12.0 Å². The lowest BCUT2D eigenvalue weighted by molar-refractivity contribution is -0.0231. The highest BCUT2D eigenvalue weighted by atomic mass is 127. The number of alkyl halides is 1. The van der Waals surface area contributed by atoms with Gasteiger partial charge in [0.1, 0.15) is 6.11 Å². The van der Waals surface area contributed by atoms with Crippen LogP contribution in [0.3, 0.4) is 0 Å². The van der Waals surface area contributed by atoms with Crippen LogP contribution in [-0.4, -0.2) is 15.8 Å². The van der Waals surface area contributed by atoms with Crippen LogP contribution >= 0.6 is 22.6 Å². The quantitative estimate of drug-likeness (QED) is 0.309. The third-order valence-electron chi connectivity index (χ3n) is 0.368. The van der Waals surface area contributed by atoms with E-state index < -0.39 is 6.29 Å². The average molecular weight is 226 g/mol. The summed E-state index contributed by atoms with van der Waals surface area (Å²) in [4.78, 5) is 0. The lowest BCUT2D eigenvalue weighted by atomic mass is 10.7. The molecule has 0 aliphatic rings. The Morgan fingerprint density at radius 2 is 2.50 bits per heavy atom. The van der Waals surface area contributed by atoms with E-state index in [2.05, 4.69) is 39.4 Å². The Morgan fingerprint density at radius 1 is 1.88 bits per heavy atom. The van der Waals surface area contributed by atoms with E-state index in [-0.39, 0.29) is 0 Å². The molecule has 0 saturated heterocycles.